The summed E-state index contributed by atoms with van der Waals surface area (Å²) in [4.78, 5) is 12.7. The van der Waals surface area contributed by atoms with Crippen LogP contribution >= 0.6 is 11.6 Å². The molecule has 0 aliphatic rings. The molecule has 0 heterocycles. The molecule has 1 N–H and O–H groups in total. The van der Waals surface area contributed by atoms with Crippen LogP contribution in [0.15, 0.2) is 71.6 Å². The largest absolute Gasteiger partial charge is 0.417 e. The number of anilines is 2. The summed E-state index contributed by atoms with van der Waals surface area (Å²) in [5.41, 5.74) is 0.476. The lowest BCUT2D eigenvalue weighted by atomic mass is 10.2. The molecule has 0 saturated carbocycles. The monoisotopic (exact) mass is 496 g/mol. The molecule has 3 aromatic rings. The van der Waals surface area contributed by atoms with E-state index in [-0.39, 0.29) is 16.3 Å². The van der Waals surface area contributed by atoms with Crippen LogP contribution in [0.1, 0.15) is 16.7 Å². The van der Waals surface area contributed by atoms with E-state index in [1.54, 1.807) is 43.3 Å². The standard InChI is InChI=1S/C23H20ClF3N2O3S/c1-15-7-10-18(11-8-15)33(31,32)29(21-6-4-3-5-16(21)2)14-22(30)28-17-9-12-20(24)19(13-17)23(25,26)27/h3-13H,14H2,1-2H3,(H,28,30). The van der Waals surface area contributed by atoms with E-state index in [9.17, 15) is 26.4 Å². The topological polar surface area (TPSA) is 66.5 Å². The van der Waals surface area contributed by atoms with E-state index in [1.807, 2.05) is 6.92 Å². The summed E-state index contributed by atoms with van der Waals surface area (Å²) in [7, 11) is -4.15. The van der Waals surface area contributed by atoms with Gasteiger partial charge >= 0.3 is 6.18 Å². The second kappa shape index (κ2) is 9.44. The van der Waals surface area contributed by atoms with Crippen molar-refractivity contribution in [3.63, 3.8) is 0 Å². The summed E-state index contributed by atoms with van der Waals surface area (Å²) in [5.74, 6) is -0.815. The Hall–Kier alpha value is -3.04. The number of halogens is 4. The quantitative estimate of drug-likeness (QED) is 0.468. The molecule has 1 amide bonds. The second-order valence-corrected chi connectivity index (χ2v) is 9.62. The predicted molar refractivity (Wildman–Crippen MR) is 122 cm³/mol. The van der Waals surface area contributed by atoms with Crippen LogP contribution in [0.25, 0.3) is 0 Å². The summed E-state index contributed by atoms with van der Waals surface area (Å²) in [6, 6.07) is 15.7. The number of amides is 1. The van der Waals surface area contributed by atoms with E-state index in [2.05, 4.69) is 5.32 Å². The lowest BCUT2D eigenvalue weighted by Gasteiger charge is -2.25. The van der Waals surface area contributed by atoms with Crippen molar-refractivity contribution < 1.29 is 26.4 Å². The number of sulfonamides is 1. The van der Waals surface area contributed by atoms with Crippen molar-refractivity contribution in [3.8, 4) is 0 Å². The molecule has 0 fully saturated rings. The Morgan fingerprint density at radius 1 is 1.00 bits per heavy atom. The molecular weight excluding hydrogens is 477 g/mol. The maximum Gasteiger partial charge on any atom is 0.417 e. The molecule has 0 unspecified atom stereocenters. The van der Waals surface area contributed by atoms with Crippen LogP contribution in [0.5, 0.6) is 0 Å². The molecule has 0 saturated heterocycles. The van der Waals surface area contributed by atoms with Crippen LogP contribution in [-0.2, 0) is 21.0 Å². The zero-order valence-electron chi connectivity index (χ0n) is 17.7. The van der Waals surface area contributed by atoms with E-state index in [0.29, 0.717) is 11.6 Å². The number of nitrogens with one attached hydrogen (secondary N) is 1. The Morgan fingerprint density at radius 3 is 2.24 bits per heavy atom. The number of carbonyl (C=O) groups is 1. The third-order valence-electron chi connectivity index (χ3n) is 4.84. The van der Waals surface area contributed by atoms with Crippen LogP contribution in [-0.4, -0.2) is 20.9 Å². The second-order valence-electron chi connectivity index (χ2n) is 7.35. The van der Waals surface area contributed by atoms with Crippen molar-refractivity contribution in [3.05, 3.63) is 88.4 Å². The highest BCUT2D eigenvalue weighted by atomic mass is 35.5. The van der Waals surface area contributed by atoms with E-state index >= 15 is 0 Å². The number of carbonyl (C=O) groups excluding carboxylic acids is 1. The third-order valence-corrected chi connectivity index (χ3v) is 6.94. The maximum atomic E-state index is 13.4. The number of rotatable bonds is 6. The fourth-order valence-corrected chi connectivity index (χ4v) is 4.84. The number of aryl methyl sites for hydroxylation is 2. The summed E-state index contributed by atoms with van der Waals surface area (Å²) >= 11 is 5.62. The van der Waals surface area contributed by atoms with Crippen molar-refractivity contribution in [2.24, 2.45) is 0 Å². The van der Waals surface area contributed by atoms with E-state index in [1.165, 1.54) is 18.2 Å². The van der Waals surface area contributed by atoms with Gasteiger partial charge in [-0.15, -0.1) is 0 Å². The average Bonchev–Trinajstić information content (AvgIpc) is 2.73. The molecule has 0 radical (unpaired) electrons. The highest BCUT2D eigenvalue weighted by Gasteiger charge is 2.34. The molecule has 0 bridgehead atoms. The fraction of sp³-hybridized carbons (Fsp3) is 0.174. The molecule has 3 rings (SSSR count). The summed E-state index contributed by atoms with van der Waals surface area (Å²) in [6.07, 6.45) is -4.71. The highest BCUT2D eigenvalue weighted by Crippen LogP contribution is 2.36. The van der Waals surface area contributed by atoms with Crippen LogP contribution in [0, 0.1) is 13.8 Å². The Labute approximate surface area is 194 Å². The molecule has 174 valence electrons. The molecule has 33 heavy (non-hydrogen) atoms. The van der Waals surface area contributed by atoms with Crippen molar-refractivity contribution >= 4 is 38.9 Å². The molecule has 10 heteroatoms. The van der Waals surface area contributed by atoms with Crippen LogP contribution in [0.3, 0.4) is 0 Å². The SMILES string of the molecule is Cc1ccc(S(=O)(=O)N(CC(=O)Nc2ccc(Cl)c(C(F)(F)F)c2)c2ccccc2C)cc1. The molecule has 0 aliphatic heterocycles. The number of alkyl halides is 3. The molecule has 0 atom stereocenters. The van der Waals surface area contributed by atoms with Gasteiger partial charge in [0.05, 0.1) is 21.2 Å². The van der Waals surface area contributed by atoms with Crippen molar-refractivity contribution in [1.29, 1.82) is 0 Å². The van der Waals surface area contributed by atoms with Gasteiger partial charge in [0.2, 0.25) is 5.91 Å². The molecule has 0 aliphatic carbocycles. The minimum absolute atomic E-state index is 0.0185. The first-order chi connectivity index (χ1) is 15.4. The van der Waals surface area contributed by atoms with Crippen LogP contribution < -0.4 is 9.62 Å². The summed E-state index contributed by atoms with van der Waals surface area (Å²) in [5, 5.41) is 1.82. The zero-order chi connectivity index (χ0) is 24.4. The van der Waals surface area contributed by atoms with Gasteiger partial charge in [0, 0.05) is 5.69 Å². The summed E-state index contributed by atoms with van der Waals surface area (Å²) in [6.45, 7) is 2.86. The number of nitrogens with zero attached hydrogens (tertiary/aromatic N) is 1. The number of hydrogen-bond donors (Lipinski definition) is 1. The molecule has 5 nitrogen and oxygen atoms in total. The number of para-hydroxylation sites is 1. The lowest BCUT2D eigenvalue weighted by molar-refractivity contribution is -0.137. The normalized spacial score (nSPS) is 11.8. The first-order valence-electron chi connectivity index (χ1n) is 9.71. The van der Waals surface area contributed by atoms with Gasteiger partial charge in [-0.2, -0.15) is 13.2 Å². The average molecular weight is 497 g/mol. The Bertz CT molecular complexity index is 1280. The van der Waals surface area contributed by atoms with Gasteiger partial charge in [0.15, 0.2) is 0 Å². The van der Waals surface area contributed by atoms with Gasteiger partial charge in [-0.3, -0.25) is 9.10 Å². The van der Waals surface area contributed by atoms with E-state index < -0.39 is 39.2 Å². The first kappa shape index (κ1) is 24.6. The first-order valence-corrected chi connectivity index (χ1v) is 11.5. The minimum atomic E-state index is -4.71. The van der Waals surface area contributed by atoms with Crippen LogP contribution in [0.4, 0.5) is 24.5 Å². The maximum absolute atomic E-state index is 13.4. The predicted octanol–water partition coefficient (Wildman–Crippen LogP) is 5.81. The van der Waals surface area contributed by atoms with Crippen molar-refractivity contribution in [1.82, 2.24) is 0 Å². The van der Waals surface area contributed by atoms with Gasteiger partial charge in [-0.25, -0.2) is 8.42 Å². The highest BCUT2D eigenvalue weighted by molar-refractivity contribution is 7.92. The number of benzene rings is 3. The Balaban J connectivity index is 1.95. The fourth-order valence-electron chi connectivity index (χ4n) is 3.13. The molecule has 3 aromatic carbocycles. The van der Waals surface area contributed by atoms with Gasteiger partial charge in [-0.1, -0.05) is 47.5 Å². The number of hydrogen-bond acceptors (Lipinski definition) is 3. The van der Waals surface area contributed by atoms with E-state index in [0.717, 1.165) is 15.9 Å². The zero-order valence-corrected chi connectivity index (χ0v) is 19.2. The molecular formula is C23H20ClF3N2O3S. The smallest absolute Gasteiger partial charge is 0.324 e. The lowest BCUT2D eigenvalue weighted by Crippen LogP contribution is -2.38. The molecule has 0 spiro atoms. The minimum Gasteiger partial charge on any atom is -0.324 e. The Kier molecular flexibility index (Phi) is 7.04. The van der Waals surface area contributed by atoms with Gasteiger partial charge in [-0.05, 0) is 55.8 Å². The van der Waals surface area contributed by atoms with Crippen LogP contribution in [0.2, 0.25) is 5.02 Å². The van der Waals surface area contributed by atoms with Gasteiger partial charge < -0.3 is 5.32 Å². The van der Waals surface area contributed by atoms with Crippen molar-refractivity contribution in [2.75, 3.05) is 16.2 Å². The molecule has 0 aromatic heterocycles. The summed E-state index contributed by atoms with van der Waals surface area (Å²) < 4.78 is 67.1. The van der Waals surface area contributed by atoms with Crippen molar-refractivity contribution in [2.45, 2.75) is 24.9 Å². The van der Waals surface area contributed by atoms with Gasteiger partial charge in [0.25, 0.3) is 10.0 Å². The Morgan fingerprint density at radius 2 is 1.64 bits per heavy atom. The van der Waals surface area contributed by atoms with Gasteiger partial charge in [0.1, 0.15) is 6.54 Å². The third kappa shape index (κ3) is 5.66. The van der Waals surface area contributed by atoms with E-state index in [4.69, 9.17) is 11.6 Å².